The maximum Gasteiger partial charge on any atom is 0.0725 e. The number of hydrogen-bond donors (Lipinski definition) is 0. The van der Waals surface area contributed by atoms with Crippen LogP contribution in [0, 0.1) is 0 Å². The Kier molecular flexibility index (Phi) is 7.80. The Balaban J connectivity index is 1.04. The number of benzene rings is 8. The van der Waals surface area contributed by atoms with Crippen LogP contribution < -0.4 is 4.90 Å². The molecule has 0 N–H and O–H groups in total. The van der Waals surface area contributed by atoms with Gasteiger partial charge in [0.25, 0.3) is 0 Å². The summed E-state index contributed by atoms with van der Waals surface area (Å²) in [4.78, 5) is 2.38. The molecule has 0 atom stereocenters. The van der Waals surface area contributed by atoms with Crippen molar-refractivity contribution in [3.05, 3.63) is 252 Å². The van der Waals surface area contributed by atoms with Gasteiger partial charge in [0, 0.05) is 22.5 Å². The zero-order valence-electron chi connectivity index (χ0n) is 33.4. The van der Waals surface area contributed by atoms with Crippen molar-refractivity contribution >= 4 is 22.6 Å². The lowest BCUT2D eigenvalue weighted by Gasteiger charge is -2.30. The number of rotatable bonds is 6. The molecule has 0 unspecified atom stereocenters. The summed E-state index contributed by atoms with van der Waals surface area (Å²) in [6, 6.07) is 69.7. The molecule has 59 heavy (non-hydrogen) atoms. The fourth-order valence-electron chi connectivity index (χ4n) is 10.4. The van der Waals surface area contributed by atoms with Gasteiger partial charge < -0.3 is 4.90 Å². The first-order chi connectivity index (χ1) is 28.9. The summed E-state index contributed by atoms with van der Waals surface area (Å²) in [5.74, 6) is 0. The van der Waals surface area contributed by atoms with Crippen molar-refractivity contribution in [3.63, 3.8) is 0 Å². The second kappa shape index (κ2) is 13.2. The molecule has 0 saturated heterocycles. The summed E-state index contributed by atoms with van der Waals surface area (Å²) in [7, 11) is 0. The molecule has 11 rings (SSSR count). The first kappa shape index (κ1) is 35.0. The maximum absolute atomic E-state index is 4.54. The van der Waals surface area contributed by atoms with Gasteiger partial charge in [-0.25, -0.2) is 0 Å². The molecule has 3 aliphatic carbocycles. The quantitative estimate of drug-likeness (QED) is 0.163. The molecule has 0 aliphatic heterocycles. The Labute approximate surface area is 347 Å². The van der Waals surface area contributed by atoms with Crippen LogP contribution in [-0.4, -0.2) is 0 Å². The minimum absolute atomic E-state index is 0.210. The highest BCUT2D eigenvalue weighted by molar-refractivity contribution is 5.96. The molecule has 3 aliphatic rings. The lowest BCUT2D eigenvalue weighted by molar-refractivity contribution is 0.663. The lowest BCUT2D eigenvalue weighted by Crippen LogP contribution is -2.25. The van der Waals surface area contributed by atoms with E-state index in [9.17, 15) is 0 Å². The summed E-state index contributed by atoms with van der Waals surface area (Å²) >= 11 is 0. The van der Waals surface area contributed by atoms with Crippen molar-refractivity contribution in [2.45, 2.75) is 24.7 Å². The molecule has 0 fully saturated rings. The van der Waals surface area contributed by atoms with Crippen molar-refractivity contribution in [3.8, 4) is 44.5 Å². The Hall–Kier alpha value is -7.22. The minimum Gasteiger partial charge on any atom is -0.310 e. The smallest absolute Gasteiger partial charge is 0.0725 e. The van der Waals surface area contributed by atoms with Gasteiger partial charge in [0.1, 0.15) is 0 Å². The molecule has 1 heteroatoms. The number of hydrogen-bond acceptors (Lipinski definition) is 1. The van der Waals surface area contributed by atoms with E-state index in [0.29, 0.717) is 0 Å². The van der Waals surface area contributed by atoms with Crippen LogP contribution in [0.2, 0.25) is 0 Å². The molecule has 0 saturated carbocycles. The van der Waals surface area contributed by atoms with E-state index < -0.39 is 0 Å². The highest BCUT2D eigenvalue weighted by Crippen LogP contribution is 2.63. The normalized spacial score (nSPS) is 15.4. The maximum atomic E-state index is 4.54. The summed E-state index contributed by atoms with van der Waals surface area (Å²) in [5.41, 5.74) is 23.0. The molecule has 1 nitrogen and oxygen atoms in total. The van der Waals surface area contributed by atoms with Crippen LogP contribution in [0.25, 0.3) is 50.1 Å². The fourth-order valence-corrected chi connectivity index (χ4v) is 10.4. The van der Waals surface area contributed by atoms with Crippen molar-refractivity contribution in [2.75, 3.05) is 4.90 Å². The van der Waals surface area contributed by atoms with Crippen molar-refractivity contribution in [2.24, 2.45) is 0 Å². The molecule has 0 bridgehead atoms. The largest absolute Gasteiger partial charge is 0.310 e. The molecule has 8 aromatic rings. The molecule has 8 aromatic carbocycles. The van der Waals surface area contributed by atoms with E-state index in [-0.39, 0.29) is 10.8 Å². The van der Waals surface area contributed by atoms with Gasteiger partial charge in [0.2, 0.25) is 0 Å². The van der Waals surface area contributed by atoms with E-state index in [1.165, 1.54) is 83.5 Å². The first-order valence-corrected chi connectivity index (χ1v) is 20.6. The number of fused-ring (bicyclic) bond motifs is 11. The summed E-state index contributed by atoms with van der Waals surface area (Å²) < 4.78 is 0. The molecule has 280 valence electrons. The van der Waals surface area contributed by atoms with E-state index in [1.54, 1.807) is 0 Å². The van der Waals surface area contributed by atoms with Crippen molar-refractivity contribution in [1.29, 1.82) is 0 Å². The zero-order chi connectivity index (χ0) is 39.9. The highest BCUT2D eigenvalue weighted by atomic mass is 15.1. The van der Waals surface area contributed by atoms with Gasteiger partial charge in [0.05, 0.1) is 5.41 Å². The molecule has 0 heterocycles. The van der Waals surface area contributed by atoms with Gasteiger partial charge in [-0.1, -0.05) is 185 Å². The number of nitrogens with zero attached hydrogens (tertiary/aromatic N) is 1. The predicted octanol–water partition coefficient (Wildman–Crippen LogP) is 15.3. The Morgan fingerprint density at radius 3 is 1.41 bits per heavy atom. The number of anilines is 3. The molecule has 0 radical (unpaired) electrons. The standard InChI is InChI=1S/C58H43N/c1-5-15-46-38(2)57(3,4)55-37-45(33-35-50(46)55)59(43-29-24-40(25-30-43)39-16-7-6-8-17-39)44-31-26-41(27-32-44)42-28-34-51-49-20-11-14-23-54(49)58(56(51)36-42)52-21-12-9-18-47(52)48-19-10-13-22-53(48)58/h5-37H,1-2H2,3-4H3/b46-15+. The Morgan fingerprint density at radius 1 is 0.407 bits per heavy atom. The summed E-state index contributed by atoms with van der Waals surface area (Å²) in [6.07, 6.45) is 3.96. The average molecular weight is 754 g/mol. The third kappa shape index (κ3) is 5.04. The Morgan fingerprint density at radius 2 is 0.847 bits per heavy atom. The monoisotopic (exact) mass is 753 g/mol. The van der Waals surface area contributed by atoms with Crippen LogP contribution >= 0.6 is 0 Å². The molecule has 1 spiro atoms. The highest BCUT2D eigenvalue weighted by Gasteiger charge is 2.51. The SMILES string of the molecule is C=C/C=C1\C(=C)C(C)(C)c2cc(N(c3ccc(-c4ccccc4)cc3)c3ccc(-c4ccc5c(c4)C4(c6ccccc6-c6ccccc64)c4ccccc4-5)cc3)ccc21. The van der Waals surface area contributed by atoms with Gasteiger partial charge in [0.15, 0.2) is 0 Å². The van der Waals surface area contributed by atoms with Crippen molar-refractivity contribution in [1.82, 2.24) is 0 Å². The summed E-state index contributed by atoms with van der Waals surface area (Å²) in [5, 5.41) is 0. The van der Waals surface area contributed by atoms with Gasteiger partial charge in [-0.05, 0) is 131 Å². The molecule has 0 amide bonds. The number of allylic oxidation sites excluding steroid dienone is 4. The van der Waals surface area contributed by atoms with E-state index in [2.05, 4.69) is 226 Å². The van der Waals surface area contributed by atoms with Crippen LogP contribution in [-0.2, 0) is 10.8 Å². The van der Waals surface area contributed by atoms with Gasteiger partial charge in [-0.3, -0.25) is 0 Å². The van der Waals surface area contributed by atoms with Crippen LogP contribution in [0.1, 0.15) is 47.2 Å². The van der Waals surface area contributed by atoms with Gasteiger partial charge >= 0.3 is 0 Å². The topological polar surface area (TPSA) is 3.24 Å². The van der Waals surface area contributed by atoms with E-state index in [1.807, 2.05) is 6.08 Å². The van der Waals surface area contributed by atoms with E-state index >= 15 is 0 Å². The van der Waals surface area contributed by atoms with Crippen LogP contribution in [0.5, 0.6) is 0 Å². The first-order valence-electron chi connectivity index (χ1n) is 20.6. The zero-order valence-corrected chi connectivity index (χ0v) is 33.4. The Bertz CT molecular complexity index is 2970. The van der Waals surface area contributed by atoms with E-state index in [0.717, 1.165) is 22.6 Å². The van der Waals surface area contributed by atoms with Crippen LogP contribution in [0.4, 0.5) is 17.1 Å². The van der Waals surface area contributed by atoms with Crippen LogP contribution in [0.15, 0.2) is 219 Å². The third-order valence-electron chi connectivity index (χ3n) is 13.3. The molecular weight excluding hydrogens is 711 g/mol. The third-order valence-corrected chi connectivity index (χ3v) is 13.3. The second-order valence-electron chi connectivity index (χ2n) is 16.6. The second-order valence-corrected chi connectivity index (χ2v) is 16.6. The van der Waals surface area contributed by atoms with Crippen molar-refractivity contribution < 1.29 is 0 Å². The van der Waals surface area contributed by atoms with Gasteiger partial charge in [-0.15, -0.1) is 0 Å². The summed E-state index contributed by atoms with van der Waals surface area (Å²) in [6.45, 7) is 13.1. The minimum atomic E-state index is -0.370. The molecule has 0 aromatic heterocycles. The predicted molar refractivity (Wildman–Crippen MR) is 249 cm³/mol. The van der Waals surface area contributed by atoms with Crippen LogP contribution in [0.3, 0.4) is 0 Å². The van der Waals surface area contributed by atoms with E-state index in [4.69, 9.17) is 0 Å². The average Bonchev–Trinajstić information content (AvgIpc) is 3.83. The molecular formula is C58H43N. The fraction of sp³-hybridized carbons (Fsp3) is 0.0690. The lowest BCUT2D eigenvalue weighted by atomic mass is 9.70. The van der Waals surface area contributed by atoms with Gasteiger partial charge in [-0.2, -0.15) is 0 Å².